The number of hydrogen-bond donors (Lipinski definition) is 3. The molecule has 2 atom stereocenters. The van der Waals surface area contributed by atoms with Crippen LogP contribution in [0.4, 0.5) is 0 Å². The van der Waals surface area contributed by atoms with Gasteiger partial charge in [0, 0.05) is 11.6 Å². The van der Waals surface area contributed by atoms with Crippen LogP contribution in [0.2, 0.25) is 0 Å². The van der Waals surface area contributed by atoms with E-state index in [1.54, 1.807) is 12.1 Å². The zero-order valence-electron chi connectivity index (χ0n) is 11.3. The van der Waals surface area contributed by atoms with Crippen molar-refractivity contribution < 1.29 is 14.6 Å². The van der Waals surface area contributed by atoms with E-state index >= 15 is 0 Å². The Balaban J connectivity index is 2.01. The molecule has 1 aromatic rings. The predicted octanol–water partition coefficient (Wildman–Crippen LogP) is 1.13. The molecule has 0 spiro atoms. The second kappa shape index (κ2) is 5.93. The molecule has 1 amide bonds. The Morgan fingerprint density at radius 2 is 2.37 bits per heavy atom. The van der Waals surface area contributed by atoms with Gasteiger partial charge in [-0.05, 0) is 50.6 Å². The van der Waals surface area contributed by atoms with E-state index in [0.717, 1.165) is 19.5 Å². The van der Waals surface area contributed by atoms with Crippen LogP contribution in [-0.4, -0.2) is 37.3 Å². The smallest absolute Gasteiger partial charge is 0.251 e. The monoisotopic (exact) mass is 264 g/mol. The number of rotatable bonds is 4. The molecular formula is C14H20N2O3. The Bertz CT molecular complexity index is 456. The molecule has 1 aliphatic rings. The number of amides is 1. The topological polar surface area (TPSA) is 70.6 Å². The van der Waals surface area contributed by atoms with Gasteiger partial charge in [-0.15, -0.1) is 0 Å². The van der Waals surface area contributed by atoms with E-state index in [1.807, 2.05) is 6.92 Å². The highest BCUT2D eigenvalue weighted by Crippen LogP contribution is 2.26. The van der Waals surface area contributed by atoms with Gasteiger partial charge in [-0.1, -0.05) is 0 Å². The summed E-state index contributed by atoms with van der Waals surface area (Å²) in [4.78, 5) is 12.1. The van der Waals surface area contributed by atoms with Crippen LogP contribution in [0.3, 0.4) is 0 Å². The molecular weight excluding hydrogens is 244 g/mol. The number of carbonyl (C=O) groups is 1. The van der Waals surface area contributed by atoms with Crippen LogP contribution in [0.15, 0.2) is 18.2 Å². The molecule has 1 fully saturated rings. The van der Waals surface area contributed by atoms with Crippen molar-refractivity contribution in [2.24, 2.45) is 5.92 Å². The minimum absolute atomic E-state index is 0.0228. The van der Waals surface area contributed by atoms with Crippen LogP contribution in [0.5, 0.6) is 11.5 Å². The average molecular weight is 264 g/mol. The van der Waals surface area contributed by atoms with Crippen LogP contribution in [0, 0.1) is 5.92 Å². The fraction of sp³-hybridized carbons (Fsp3) is 0.500. The maximum absolute atomic E-state index is 12.1. The number of phenols is 1. The van der Waals surface area contributed by atoms with Crippen molar-refractivity contribution in [2.75, 3.05) is 20.2 Å². The van der Waals surface area contributed by atoms with E-state index in [1.165, 1.54) is 13.2 Å². The van der Waals surface area contributed by atoms with Crippen LogP contribution in [-0.2, 0) is 0 Å². The molecule has 0 bridgehead atoms. The van der Waals surface area contributed by atoms with Crippen LogP contribution >= 0.6 is 0 Å². The molecule has 2 rings (SSSR count). The number of aromatic hydroxyl groups is 1. The number of nitrogens with one attached hydrogen (secondary N) is 2. The highest BCUT2D eigenvalue weighted by atomic mass is 16.5. The van der Waals surface area contributed by atoms with Gasteiger partial charge in [0.05, 0.1) is 7.11 Å². The van der Waals surface area contributed by atoms with E-state index in [9.17, 15) is 9.90 Å². The standard InChI is InChI=1S/C14H20N2O3/c1-9(11-5-6-15-8-11)16-14(18)10-3-4-13(19-2)12(17)7-10/h3-4,7,9,11,15,17H,5-6,8H2,1-2H3,(H,16,18). The van der Waals surface area contributed by atoms with E-state index in [4.69, 9.17) is 4.74 Å². The zero-order chi connectivity index (χ0) is 13.8. The lowest BCUT2D eigenvalue weighted by Gasteiger charge is -2.20. The third-order valence-electron chi connectivity index (χ3n) is 3.61. The van der Waals surface area contributed by atoms with Crippen molar-refractivity contribution in [1.29, 1.82) is 0 Å². The summed E-state index contributed by atoms with van der Waals surface area (Å²) in [5.41, 5.74) is 0.441. The fourth-order valence-corrected chi connectivity index (χ4v) is 2.34. The maximum atomic E-state index is 12.1. The first-order valence-electron chi connectivity index (χ1n) is 6.50. The van der Waals surface area contributed by atoms with Crippen molar-refractivity contribution >= 4 is 5.91 Å². The molecule has 1 aromatic carbocycles. The first-order chi connectivity index (χ1) is 9.11. The molecule has 0 aliphatic carbocycles. The number of ether oxygens (including phenoxy) is 1. The summed E-state index contributed by atoms with van der Waals surface area (Å²) in [5.74, 6) is 0.642. The van der Waals surface area contributed by atoms with E-state index < -0.39 is 0 Å². The van der Waals surface area contributed by atoms with Gasteiger partial charge in [0.25, 0.3) is 5.91 Å². The van der Waals surface area contributed by atoms with E-state index in [2.05, 4.69) is 10.6 Å². The predicted molar refractivity (Wildman–Crippen MR) is 72.6 cm³/mol. The van der Waals surface area contributed by atoms with Gasteiger partial charge in [-0.25, -0.2) is 0 Å². The molecule has 1 saturated heterocycles. The minimum Gasteiger partial charge on any atom is -0.504 e. The average Bonchev–Trinajstić information content (AvgIpc) is 2.92. The Hall–Kier alpha value is -1.75. The Morgan fingerprint density at radius 1 is 1.58 bits per heavy atom. The fourth-order valence-electron chi connectivity index (χ4n) is 2.34. The highest BCUT2D eigenvalue weighted by molar-refractivity contribution is 5.95. The van der Waals surface area contributed by atoms with Crippen molar-refractivity contribution in [2.45, 2.75) is 19.4 Å². The Kier molecular flexibility index (Phi) is 4.27. The molecule has 0 aromatic heterocycles. The first-order valence-corrected chi connectivity index (χ1v) is 6.50. The molecule has 3 N–H and O–H groups in total. The molecule has 5 heteroatoms. The number of carbonyl (C=O) groups excluding carboxylic acids is 1. The molecule has 104 valence electrons. The largest absolute Gasteiger partial charge is 0.504 e. The molecule has 1 heterocycles. The summed E-state index contributed by atoms with van der Waals surface area (Å²) in [6.45, 7) is 3.96. The summed E-state index contributed by atoms with van der Waals surface area (Å²) in [6.07, 6.45) is 1.08. The number of phenolic OH excluding ortho intramolecular Hbond substituents is 1. The summed E-state index contributed by atoms with van der Waals surface area (Å²) in [6, 6.07) is 4.78. The van der Waals surface area contributed by atoms with Crippen molar-refractivity contribution in [1.82, 2.24) is 10.6 Å². The third-order valence-corrected chi connectivity index (χ3v) is 3.61. The number of hydrogen-bond acceptors (Lipinski definition) is 4. The summed E-state index contributed by atoms with van der Waals surface area (Å²) >= 11 is 0. The van der Waals surface area contributed by atoms with Crippen LogP contribution < -0.4 is 15.4 Å². The van der Waals surface area contributed by atoms with Crippen molar-refractivity contribution in [3.05, 3.63) is 23.8 Å². The first kappa shape index (κ1) is 13.7. The minimum atomic E-state index is -0.169. The summed E-state index contributed by atoms with van der Waals surface area (Å²) in [5, 5.41) is 15.9. The van der Waals surface area contributed by atoms with Gasteiger partial charge >= 0.3 is 0 Å². The van der Waals surface area contributed by atoms with Crippen molar-refractivity contribution in [3.63, 3.8) is 0 Å². The van der Waals surface area contributed by atoms with Gasteiger partial charge < -0.3 is 20.5 Å². The van der Waals surface area contributed by atoms with Crippen molar-refractivity contribution in [3.8, 4) is 11.5 Å². The van der Waals surface area contributed by atoms with Crippen LogP contribution in [0.1, 0.15) is 23.7 Å². The summed E-state index contributed by atoms with van der Waals surface area (Å²) < 4.78 is 4.95. The van der Waals surface area contributed by atoms with Gasteiger partial charge in [0.1, 0.15) is 0 Å². The normalized spacial score (nSPS) is 20.0. The second-order valence-electron chi connectivity index (χ2n) is 4.90. The van der Waals surface area contributed by atoms with E-state index in [0.29, 0.717) is 17.2 Å². The second-order valence-corrected chi connectivity index (χ2v) is 4.90. The van der Waals surface area contributed by atoms with Gasteiger partial charge in [-0.3, -0.25) is 4.79 Å². The zero-order valence-corrected chi connectivity index (χ0v) is 11.3. The molecule has 1 aliphatic heterocycles. The van der Waals surface area contributed by atoms with Gasteiger partial charge in [-0.2, -0.15) is 0 Å². The molecule has 19 heavy (non-hydrogen) atoms. The molecule has 2 unspecified atom stereocenters. The lowest BCUT2D eigenvalue weighted by atomic mass is 10.0. The molecule has 0 saturated carbocycles. The van der Waals surface area contributed by atoms with Gasteiger partial charge in [0.15, 0.2) is 11.5 Å². The third kappa shape index (κ3) is 3.17. The highest BCUT2D eigenvalue weighted by Gasteiger charge is 2.23. The van der Waals surface area contributed by atoms with Gasteiger partial charge in [0.2, 0.25) is 0 Å². The quantitative estimate of drug-likeness (QED) is 0.762. The number of methoxy groups -OCH3 is 1. The molecule has 0 radical (unpaired) electrons. The van der Waals surface area contributed by atoms with E-state index in [-0.39, 0.29) is 17.7 Å². The Morgan fingerprint density at radius 3 is 2.95 bits per heavy atom. The Labute approximate surface area is 113 Å². The van der Waals surface area contributed by atoms with Crippen LogP contribution in [0.25, 0.3) is 0 Å². The SMILES string of the molecule is COc1ccc(C(=O)NC(C)C2CCNC2)cc1O. The number of benzene rings is 1. The lowest BCUT2D eigenvalue weighted by Crippen LogP contribution is -2.38. The molecule has 5 nitrogen and oxygen atoms in total. The lowest BCUT2D eigenvalue weighted by molar-refractivity contribution is 0.0928. The summed E-state index contributed by atoms with van der Waals surface area (Å²) in [7, 11) is 1.48. The maximum Gasteiger partial charge on any atom is 0.251 e.